The normalized spacial score (nSPS) is 12.5. The molecule has 0 fully saturated rings. The SMILES string of the molecule is CS(=O)c1ncc(C#N)c(Nc2ccccc2P(C)(C)=O)n1. The largest absolute Gasteiger partial charge is 0.338 e. The van der Waals surface area contributed by atoms with E-state index in [-0.39, 0.29) is 16.5 Å². The minimum atomic E-state index is -2.50. The maximum Gasteiger partial charge on any atom is 0.220 e. The Labute approximate surface area is 131 Å². The third kappa shape index (κ3) is 3.59. The summed E-state index contributed by atoms with van der Waals surface area (Å²) in [6.07, 6.45) is 2.79. The Morgan fingerprint density at radius 1 is 1.32 bits per heavy atom. The molecule has 1 aromatic carbocycles. The highest BCUT2D eigenvalue weighted by Gasteiger charge is 2.17. The number of para-hydroxylation sites is 1. The van der Waals surface area contributed by atoms with E-state index in [2.05, 4.69) is 15.3 Å². The van der Waals surface area contributed by atoms with Gasteiger partial charge in [0.1, 0.15) is 18.8 Å². The molecule has 1 unspecified atom stereocenters. The van der Waals surface area contributed by atoms with Crippen molar-refractivity contribution in [2.45, 2.75) is 5.16 Å². The van der Waals surface area contributed by atoms with Gasteiger partial charge >= 0.3 is 0 Å². The van der Waals surface area contributed by atoms with Crippen molar-refractivity contribution in [2.75, 3.05) is 24.9 Å². The third-order valence-corrected chi connectivity index (χ3v) is 5.14. The first kappa shape index (κ1) is 16.3. The molecule has 2 rings (SSSR count). The van der Waals surface area contributed by atoms with E-state index in [1.807, 2.05) is 6.07 Å². The highest BCUT2D eigenvalue weighted by Crippen LogP contribution is 2.38. The Morgan fingerprint density at radius 2 is 2.00 bits per heavy atom. The first-order valence-corrected chi connectivity index (χ1v) is 10.5. The van der Waals surface area contributed by atoms with Gasteiger partial charge in [-0.15, -0.1) is 0 Å². The van der Waals surface area contributed by atoms with Gasteiger partial charge in [-0.05, 0) is 25.5 Å². The maximum atomic E-state index is 12.4. The van der Waals surface area contributed by atoms with Gasteiger partial charge < -0.3 is 9.88 Å². The first-order valence-electron chi connectivity index (χ1n) is 6.35. The van der Waals surface area contributed by atoms with Crippen LogP contribution >= 0.6 is 7.14 Å². The van der Waals surface area contributed by atoms with Crippen molar-refractivity contribution in [3.05, 3.63) is 36.0 Å². The summed E-state index contributed by atoms with van der Waals surface area (Å²) in [5.74, 6) is 0.253. The molecule has 0 aliphatic rings. The van der Waals surface area contributed by atoms with Crippen molar-refractivity contribution in [1.29, 1.82) is 5.26 Å². The Morgan fingerprint density at radius 3 is 2.59 bits per heavy atom. The van der Waals surface area contributed by atoms with E-state index < -0.39 is 17.9 Å². The van der Waals surface area contributed by atoms with Crippen LogP contribution in [-0.2, 0) is 15.4 Å². The van der Waals surface area contributed by atoms with Gasteiger partial charge in [0.15, 0.2) is 5.82 Å². The first-order chi connectivity index (χ1) is 10.3. The van der Waals surface area contributed by atoms with E-state index in [0.717, 1.165) is 0 Å². The van der Waals surface area contributed by atoms with Crippen molar-refractivity contribution < 1.29 is 8.77 Å². The molecule has 2 aromatic rings. The van der Waals surface area contributed by atoms with Crippen molar-refractivity contribution in [1.82, 2.24) is 9.97 Å². The second-order valence-corrected chi connectivity index (χ2v) is 9.43. The lowest BCUT2D eigenvalue weighted by molar-refractivity contribution is 0.588. The molecule has 0 saturated carbocycles. The van der Waals surface area contributed by atoms with Gasteiger partial charge in [0.25, 0.3) is 0 Å². The Bertz CT molecular complexity index is 826. The summed E-state index contributed by atoms with van der Waals surface area (Å²) in [6, 6.07) is 9.13. The van der Waals surface area contributed by atoms with Crippen LogP contribution in [0.2, 0.25) is 0 Å². The van der Waals surface area contributed by atoms with Crippen LogP contribution in [0, 0.1) is 11.3 Å². The van der Waals surface area contributed by atoms with Gasteiger partial charge in [0, 0.05) is 11.6 Å². The maximum absolute atomic E-state index is 12.4. The third-order valence-electron chi connectivity index (χ3n) is 2.88. The quantitative estimate of drug-likeness (QED) is 0.679. The van der Waals surface area contributed by atoms with E-state index in [4.69, 9.17) is 5.26 Å². The monoisotopic (exact) mass is 334 g/mol. The molecule has 0 amide bonds. The average molecular weight is 334 g/mol. The highest BCUT2D eigenvalue weighted by molar-refractivity contribution is 7.84. The molecule has 0 aliphatic carbocycles. The van der Waals surface area contributed by atoms with Crippen molar-refractivity contribution in [3.63, 3.8) is 0 Å². The number of benzene rings is 1. The average Bonchev–Trinajstić information content (AvgIpc) is 2.46. The standard InChI is InChI=1S/C14H15N4O2PS/c1-21(2,19)12-7-5-4-6-11(12)17-13-10(8-15)9-16-14(18-13)22(3)20/h4-7,9H,1-3H3,(H,16,17,18). The van der Waals surface area contributed by atoms with E-state index in [0.29, 0.717) is 11.0 Å². The van der Waals surface area contributed by atoms with Gasteiger partial charge in [-0.25, -0.2) is 9.97 Å². The zero-order valence-electron chi connectivity index (χ0n) is 12.4. The Kier molecular flexibility index (Phi) is 4.74. The molecule has 0 bridgehead atoms. The molecule has 0 aliphatic heterocycles. The number of nitriles is 1. The molecule has 114 valence electrons. The van der Waals surface area contributed by atoms with E-state index in [1.165, 1.54) is 12.5 Å². The van der Waals surface area contributed by atoms with Crippen LogP contribution in [-0.4, -0.2) is 33.8 Å². The van der Waals surface area contributed by atoms with E-state index >= 15 is 0 Å². The van der Waals surface area contributed by atoms with Crippen LogP contribution in [0.15, 0.2) is 35.6 Å². The summed E-state index contributed by atoms with van der Waals surface area (Å²) < 4.78 is 23.9. The molecular weight excluding hydrogens is 319 g/mol. The molecule has 0 radical (unpaired) electrons. The predicted octanol–water partition coefficient (Wildman–Crippen LogP) is 2.08. The van der Waals surface area contributed by atoms with Crippen LogP contribution in [0.1, 0.15) is 5.56 Å². The molecule has 0 spiro atoms. The van der Waals surface area contributed by atoms with Gasteiger partial charge in [0.05, 0.1) is 22.7 Å². The minimum absolute atomic E-state index is 0.134. The summed E-state index contributed by atoms with van der Waals surface area (Å²) in [6.45, 7) is 3.34. The fourth-order valence-electron chi connectivity index (χ4n) is 1.86. The van der Waals surface area contributed by atoms with Crippen LogP contribution in [0.5, 0.6) is 0 Å². The lowest BCUT2D eigenvalue weighted by Gasteiger charge is -2.15. The second kappa shape index (κ2) is 6.39. The van der Waals surface area contributed by atoms with Crippen LogP contribution in [0.4, 0.5) is 11.5 Å². The van der Waals surface area contributed by atoms with Crippen molar-refractivity contribution >= 4 is 34.8 Å². The van der Waals surface area contributed by atoms with Crippen molar-refractivity contribution in [3.8, 4) is 6.07 Å². The van der Waals surface area contributed by atoms with Crippen molar-refractivity contribution in [2.24, 2.45) is 0 Å². The fourth-order valence-corrected chi connectivity index (χ4v) is 3.43. The van der Waals surface area contributed by atoms with E-state index in [1.54, 1.807) is 37.6 Å². The summed E-state index contributed by atoms with van der Waals surface area (Å²) in [5, 5.41) is 13.0. The van der Waals surface area contributed by atoms with Gasteiger partial charge in [-0.2, -0.15) is 5.26 Å². The second-order valence-electron chi connectivity index (χ2n) is 4.97. The van der Waals surface area contributed by atoms with Crippen LogP contribution in [0.3, 0.4) is 0 Å². The predicted molar refractivity (Wildman–Crippen MR) is 87.9 cm³/mol. The Balaban J connectivity index is 2.52. The van der Waals surface area contributed by atoms with Gasteiger partial charge in [0.2, 0.25) is 5.16 Å². The lowest BCUT2D eigenvalue weighted by Crippen LogP contribution is -2.11. The summed E-state index contributed by atoms with van der Waals surface area (Å²) in [4.78, 5) is 8.02. The topological polar surface area (TPSA) is 95.7 Å². The van der Waals surface area contributed by atoms with E-state index in [9.17, 15) is 8.77 Å². The number of aromatic nitrogens is 2. The zero-order valence-corrected chi connectivity index (χ0v) is 14.1. The number of rotatable bonds is 4. The molecule has 8 heteroatoms. The summed E-state index contributed by atoms with van der Waals surface area (Å²) in [5.41, 5.74) is 0.838. The number of anilines is 2. The molecule has 1 heterocycles. The van der Waals surface area contributed by atoms with Crippen LogP contribution in [0.25, 0.3) is 0 Å². The molecule has 1 aromatic heterocycles. The van der Waals surface area contributed by atoms with Gasteiger partial charge in [-0.1, -0.05) is 12.1 Å². The minimum Gasteiger partial charge on any atom is -0.338 e. The van der Waals surface area contributed by atoms with Gasteiger partial charge in [-0.3, -0.25) is 4.21 Å². The number of nitrogens with zero attached hydrogens (tertiary/aromatic N) is 3. The molecule has 1 N–H and O–H groups in total. The smallest absolute Gasteiger partial charge is 0.220 e. The number of hydrogen-bond donors (Lipinski definition) is 1. The Hall–Kier alpha value is -2.03. The molecule has 22 heavy (non-hydrogen) atoms. The number of nitrogens with one attached hydrogen (secondary N) is 1. The highest BCUT2D eigenvalue weighted by atomic mass is 32.2. The summed E-state index contributed by atoms with van der Waals surface area (Å²) in [7, 11) is -3.85. The number of hydrogen-bond acceptors (Lipinski definition) is 6. The molecule has 1 atom stereocenters. The fraction of sp³-hybridized carbons (Fsp3) is 0.214. The molecule has 0 saturated heterocycles. The summed E-state index contributed by atoms with van der Waals surface area (Å²) >= 11 is 0. The molecular formula is C14H15N4O2PS. The zero-order chi connectivity index (χ0) is 16.3. The molecule has 6 nitrogen and oxygen atoms in total. The lowest BCUT2D eigenvalue weighted by atomic mass is 10.3. The van der Waals surface area contributed by atoms with Crippen LogP contribution < -0.4 is 10.6 Å².